The number of hydrogen-bond acceptors (Lipinski definition) is 4. The molecule has 0 atom stereocenters. The van der Waals surface area contributed by atoms with E-state index in [9.17, 15) is 14.0 Å². The van der Waals surface area contributed by atoms with Gasteiger partial charge in [-0.25, -0.2) is 9.37 Å². The molecule has 3 heterocycles. The zero-order valence-corrected chi connectivity index (χ0v) is 15.7. The number of halogens is 1. The monoisotopic (exact) mass is 393 g/mol. The number of carbonyl (C=O) groups is 2. The molecule has 0 saturated heterocycles. The minimum Gasteiger partial charge on any atom is -0.345 e. The average Bonchev–Trinajstić information content (AvgIpc) is 3.14. The molecule has 0 unspecified atom stereocenters. The van der Waals surface area contributed by atoms with Gasteiger partial charge in [0.1, 0.15) is 11.5 Å². The number of aromatic nitrogens is 3. The van der Waals surface area contributed by atoms with Crippen molar-refractivity contribution in [3.05, 3.63) is 77.4 Å². The number of hydrogen-bond donors (Lipinski definition) is 2. The number of imidazole rings is 1. The van der Waals surface area contributed by atoms with Gasteiger partial charge >= 0.3 is 0 Å². The summed E-state index contributed by atoms with van der Waals surface area (Å²) in [6.07, 6.45) is 4.20. The van der Waals surface area contributed by atoms with Crippen LogP contribution in [0.5, 0.6) is 0 Å². The molecule has 0 fully saturated rings. The Morgan fingerprint density at radius 2 is 1.90 bits per heavy atom. The molecule has 2 amide bonds. The van der Waals surface area contributed by atoms with Crippen LogP contribution in [-0.4, -0.2) is 26.3 Å². The van der Waals surface area contributed by atoms with Gasteiger partial charge in [0.05, 0.1) is 17.9 Å². The molecule has 2 aromatic heterocycles. The van der Waals surface area contributed by atoms with E-state index >= 15 is 0 Å². The molecule has 1 aliphatic heterocycles. The lowest BCUT2D eigenvalue weighted by atomic mass is 10.1. The Morgan fingerprint density at radius 3 is 2.66 bits per heavy atom. The van der Waals surface area contributed by atoms with Gasteiger partial charge in [0.2, 0.25) is 0 Å². The zero-order chi connectivity index (χ0) is 20.2. The summed E-state index contributed by atoms with van der Waals surface area (Å²) in [6, 6.07) is 11.0. The summed E-state index contributed by atoms with van der Waals surface area (Å²) < 4.78 is 14.9. The lowest BCUT2D eigenvalue weighted by Crippen LogP contribution is -2.25. The van der Waals surface area contributed by atoms with Crippen molar-refractivity contribution >= 4 is 17.5 Å². The molecule has 2 N–H and O–H groups in total. The first-order chi connectivity index (χ1) is 14.1. The second-order valence-electron chi connectivity index (χ2n) is 6.80. The minimum absolute atomic E-state index is 0.187. The van der Waals surface area contributed by atoms with Crippen molar-refractivity contribution in [1.82, 2.24) is 19.9 Å². The van der Waals surface area contributed by atoms with Gasteiger partial charge in [-0.3, -0.25) is 14.6 Å². The van der Waals surface area contributed by atoms with Gasteiger partial charge in [-0.2, -0.15) is 0 Å². The van der Waals surface area contributed by atoms with E-state index in [1.54, 1.807) is 10.8 Å². The highest BCUT2D eigenvalue weighted by molar-refractivity contribution is 6.03. The number of fused-ring (bicyclic) bond motifs is 1. The summed E-state index contributed by atoms with van der Waals surface area (Å²) in [5, 5.41) is 5.54. The maximum atomic E-state index is 13.1. The number of carbonyl (C=O) groups excluding carboxylic acids is 2. The van der Waals surface area contributed by atoms with E-state index in [1.165, 1.54) is 24.3 Å². The Morgan fingerprint density at radius 1 is 1.07 bits per heavy atom. The molecule has 0 spiro atoms. The van der Waals surface area contributed by atoms with E-state index < -0.39 is 5.91 Å². The van der Waals surface area contributed by atoms with Gasteiger partial charge in [-0.1, -0.05) is 6.07 Å². The molecule has 0 radical (unpaired) electrons. The maximum absolute atomic E-state index is 13.1. The molecule has 7 nitrogen and oxygen atoms in total. The van der Waals surface area contributed by atoms with Crippen LogP contribution in [-0.2, 0) is 19.5 Å². The quantitative estimate of drug-likeness (QED) is 0.698. The third-order valence-corrected chi connectivity index (χ3v) is 4.79. The predicted octanol–water partition coefficient (Wildman–Crippen LogP) is 2.94. The van der Waals surface area contributed by atoms with Gasteiger partial charge in [-0.05, 0) is 55.7 Å². The molecule has 1 aromatic carbocycles. The van der Waals surface area contributed by atoms with Crippen LogP contribution in [0.2, 0.25) is 0 Å². The number of benzene rings is 1. The highest BCUT2D eigenvalue weighted by atomic mass is 19.1. The summed E-state index contributed by atoms with van der Waals surface area (Å²) in [4.78, 5) is 34.0. The highest BCUT2D eigenvalue weighted by Crippen LogP contribution is 2.22. The Balaban J connectivity index is 1.55. The first-order valence-corrected chi connectivity index (χ1v) is 9.46. The summed E-state index contributed by atoms with van der Waals surface area (Å²) in [7, 11) is 0. The summed E-state index contributed by atoms with van der Waals surface area (Å²) >= 11 is 0. The van der Waals surface area contributed by atoms with Gasteiger partial charge < -0.3 is 15.2 Å². The van der Waals surface area contributed by atoms with Crippen LogP contribution >= 0.6 is 0 Å². The second kappa shape index (κ2) is 8.22. The molecule has 0 saturated carbocycles. The fourth-order valence-corrected chi connectivity index (χ4v) is 3.38. The topological polar surface area (TPSA) is 88.9 Å². The minimum atomic E-state index is -0.427. The van der Waals surface area contributed by atoms with Crippen molar-refractivity contribution in [2.75, 3.05) is 5.32 Å². The van der Waals surface area contributed by atoms with Crippen molar-refractivity contribution in [3.8, 4) is 0 Å². The van der Waals surface area contributed by atoms with Crippen molar-refractivity contribution in [2.45, 2.75) is 32.4 Å². The van der Waals surface area contributed by atoms with E-state index in [1.807, 2.05) is 18.2 Å². The van der Waals surface area contributed by atoms with Gasteiger partial charge in [0.15, 0.2) is 5.82 Å². The summed E-state index contributed by atoms with van der Waals surface area (Å²) in [6.45, 7) is 0.908. The largest absolute Gasteiger partial charge is 0.345 e. The molecule has 29 heavy (non-hydrogen) atoms. The number of amides is 2. The fraction of sp³-hybridized carbons (Fsp3) is 0.238. The third-order valence-electron chi connectivity index (χ3n) is 4.79. The number of nitrogens with zero attached hydrogens (tertiary/aromatic N) is 3. The summed E-state index contributed by atoms with van der Waals surface area (Å²) in [5.74, 6) is -0.953. The van der Waals surface area contributed by atoms with Crippen LogP contribution in [0.4, 0.5) is 10.1 Å². The van der Waals surface area contributed by atoms with Gasteiger partial charge in [-0.15, -0.1) is 0 Å². The lowest BCUT2D eigenvalue weighted by Gasteiger charge is -2.17. The molecule has 0 bridgehead atoms. The normalized spacial score (nSPS) is 12.9. The Labute approximate surface area is 167 Å². The first-order valence-electron chi connectivity index (χ1n) is 9.46. The van der Waals surface area contributed by atoms with Crippen molar-refractivity contribution in [3.63, 3.8) is 0 Å². The van der Waals surface area contributed by atoms with Crippen LogP contribution in [0.1, 0.15) is 45.3 Å². The Bertz CT molecular complexity index is 1030. The lowest BCUT2D eigenvalue weighted by molar-refractivity contribution is 0.0944. The summed E-state index contributed by atoms with van der Waals surface area (Å²) in [5.41, 5.74) is 2.23. The van der Waals surface area contributed by atoms with E-state index in [2.05, 4.69) is 20.6 Å². The van der Waals surface area contributed by atoms with Crippen molar-refractivity contribution in [1.29, 1.82) is 0 Å². The fourth-order valence-electron chi connectivity index (χ4n) is 3.38. The van der Waals surface area contributed by atoms with Crippen LogP contribution in [0.15, 0.2) is 48.7 Å². The molecular formula is C21H20FN5O2. The number of anilines is 1. The van der Waals surface area contributed by atoms with E-state index in [0.29, 0.717) is 18.7 Å². The van der Waals surface area contributed by atoms with Crippen LogP contribution in [0.3, 0.4) is 0 Å². The van der Waals surface area contributed by atoms with E-state index in [4.69, 9.17) is 0 Å². The van der Waals surface area contributed by atoms with Crippen LogP contribution in [0, 0.1) is 5.82 Å². The Kier molecular flexibility index (Phi) is 5.33. The van der Waals surface area contributed by atoms with Crippen LogP contribution in [0.25, 0.3) is 0 Å². The van der Waals surface area contributed by atoms with E-state index in [-0.39, 0.29) is 29.8 Å². The number of rotatable bonds is 5. The first kappa shape index (κ1) is 18.8. The second-order valence-corrected chi connectivity index (χ2v) is 6.80. The molecular weight excluding hydrogens is 373 g/mol. The molecule has 1 aliphatic rings. The van der Waals surface area contributed by atoms with Crippen molar-refractivity contribution < 1.29 is 14.0 Å². The van der Waals surface area contributed by atoms with Gasteiger partial charge in [0, 0.05) is 18.4 Å². The standard InChI is InChI=1S/C21H20FN5O2/c22-14-7-9-15(10-8-14)25-21(29)19-26-18(17-6-2-4-12-27(17)19)20(28)24-13-16-5-1-3-11-23-16/h1,3,5,7-11H,2,4,6,12-13H2,(H,24,28)(H,25,29). The smallest absolute Gasteiger partial charge is 0.291 e. The van der Waals surface area contributed by atoms with Crippen LogP contribution < -0.4 is 10.6 Å². The Hall–Kier alpha value is -3.55. The van der Waals surface area contributed by atoms with Crippen molar-refractivity contribution in [2.24, 2.45) is 0 Å². The molecule has 8 heteroatoms. The average molecular weight is 393 g/mol. The molecule has 4 rings (SSSR count). The number of nitrogens with one attached hydrogen (secondary N) is 2. The van der Waals surface area contributed by atoms with Gasteiger partial charge in [0.25, 0.3) is 11.8 Å². The predicted molar refractivity (Wildman–Crippen MR) is 105 cm³/mol. The molecule has 3 aromatic rings. The SMILES string of the molecule is O=C(NCc1ccccn1)c1nc(C(=O)Nc2ccc(F)cc2)n2c1CCCC2. The number of pyridine rings is 1. The molecule has 0 aliphatic carbocycles. The zero-order valence-electron chi connectivity index (χ0n) is 15.7. The highest BCUT2D eigenvalue weighted by Gasteiger charge is 2.27. The molecule has 148 valence electrons. The third kappa shape index (κ3) is 4.16. The van der Waals surface area contributed by atoms with E-state index in [0.717, 1.165) is 24.2 Å². The maximum Gasteiger partial charge on any atom is 0.291 e.